The van der Waals surface area contributed by atoms with E-state index in [0.717, 1.165) is 33.5 Å². The van der Waals surface area contributed by atoms with Crippen molar-refractivity contribution in [1.29, 1.82) is 0 Å². The highest BCUT2D eigenvalue weighted by Gasteiger charge is 2.18. The number of hydrogen-bond acceptors (Lipinski definition) is 4. The van der Waals surface area contributed by atoms with Gasteiger partial charge in [-0.25, -0.2) is 19.9 Å². The molecule has 0 unspecified atom stereocenters. The second-order valence-electron chi connectivity index (χ2n) is 11.5. The van der Waals surface area contributed by atoms with E-state index in [1.54, 1.807) is 0 Å². The van der Waals surface area contributed by atoms with Crippen molar-refractivity contribution >= 4 is 32.6 Å². The van der Waals surface area contributed by atoms with Gasteiger partial charge in [-0.1, -0.05) is 140 Å². The van der Waals surface area contributed by atoms with Gasteiger partial charge in [-0.15, -0.1) is 0 Å². The number of rotatable bonds is 5. The summed E-state index contributed by atoms with van der Waals surface area (Å²) in [5.74, 6) is 2.53. The molecule has 220 valence electrons. The van der Waals surface area contributed by atoms with E-state index in [1.807, 2.05) is 54.6 Å². The highest BCUT2D eigenvalue weighted by molar-refractivity contribution is 6.21. The second-order valence-corrected chi connectivity index (χ2v) is 11.5. The van der Waals surface area contributed by atoms with Gasteiger partial charge < -0.3 is 0 Å². The monoisotopic (exact) mass is 601 g/mol. The Morgan fingerprint density at radius 2 is 0.915 bits per heavy atom. The van der Waals surface area contributed by atoms with Crippen molar-refractivity contribution in [2.75, 3.05) is 0 Å². The molecule has 3 aromatic heterocycles. The standard InChI is InChI=1S/C42H27N5/c1-3-12-28(13-4-1)29-22-24-32(25-23-29)41-44-40(31-15-5-2-6-16-31)45-42(46-41)35-19-11-21-38(43-35)47-36-20-10-9-18-34(36)39-33-17-8-7-14-30(33)26-27-37(39)47/h1-27H. The quantitative estimate of drug-likeness (QED) is 0.197. The summed E-state index contributed by atoms with van der Waals surface area (Å²) in [6.45, 7) is 0. The summed E-state index contributed by atoms with van der Waals surface area (Å²) in [6.07, 6.45) is 0. The number of fused-ring (bicyclic) bond motifs is 5. The molecule has 0 saturated heterocycles. The molecule has 47 heavy (non-hydrogen) atoms. The molecule has 0 N–H and O–H groups in total. The van der Waals surface area contributed by atoms with E-state index in [4.69, 9.17) is 19.9 Å². The first kappa shape index (κ1) is 26.9. The Morgan fingerprint density at radius 1 is 0.340 bits per heavy atom. The van der Waals surface area contributed by atoms with E-state index in [1.165, 1.54) is 27.1 Å². The van der Waals surface area contributed by atoms with Gasteiger partial charge in [0.2, 0.25) is 0 Å². The van der Waals surface area contributed by atoms with Crippen molar-refractivity contribution in [2.24, 2.45) is 0 Å². The van der Waals surface area contributed by atoms with Crippen LogP contribution < -0.4 is 0 Å². The molecule has 0 aliphatic heterocycles. The molecule has 6 aromatic carbocycles. The van der Waals surface area contributed by atoms with Gasteiger partial charge in [0.15, 0.2) is 17.5 Å². The van der Waals surface area contributed by atoms with Crippen molar-refractivity contribution in [3.63, 3.8) is 0 Å². The van der Waals surface area contributed by atoms with Crippen LogP contribution in [-0.2, 0) is 0 Å². The summed E-state index contributed by atoms with van der Waals surface area (Å²) in [7, 11) is 0. The third-order valence-corrected chi connectivity index (χ3v) is 8.67. The zero-order valence-corrected chi connectivity index (χ0v) is 25.3. The lowest BCUT2D eigenvalue weighted by Gasteiger charge is -2.11. The number of nitrogens with zero attached hydrogens (tertiary/aromatic N) is 5. The number of hydrogen-bond donors (Lipinski definition) is 0. The molecule has 0 amide bonds. The lowest BCUT2D eigenvalue weighted by atomic mass is 10.0. The van der Waals surface area contributed by atoms with Gasteiger partial charge >= 0.3 is 0 Å². The van der Waals surface area contributed by atoms with Gasteiger partial charge in [-0.3, -0.25) is 4.57 Å². The van der Waals surface area contributed by atoms with Gasteiger partial charge in [0, 0.05) is 21.9 Å². The van der Waals surface area contributed by atoms with Crippen LogP contribution in [0.3, 0.4) is 0 Å². The van der Waals surface area contributed by atoms with Gasteiger partial charge in [0.05, 0.1) is 11.0 Å². The molecule has 0 spiro atoms. The van der Waals surface area contributed by atoms with E-state index < -0.39 is 0 Å². The van der Waals surface area contributed by atoms with Gasteiger partial charge in [0.25, 0.3) is 0 Å². The number of pyridine rings is 1. The van der Waals surface area contributed by atoms with Gasteiger partial charge in [-0.05, 0) is 46.2 Å². The van der Waals surface area contributed by atoms with Crippen LogP contribution in [-0.4, -0.2) is 24.5 Å². The number of benzene rings is 6. The molecule has 3 heterocycles. The summed E-state index contributed by atoms with van der Waals surface area (Å²) in [4.78, 5) is 20.1. The molecule has 9 aromatic rings. The number of para-hydroxylation sites is 1. The van der Waals surface area contributed by atoms with Crippen molar-refractivity contribution in [3.05, 3.63) is 164 Å². The van der Waals surface area contributed by atoms with Crippen molar-refractivity contribution < 1.29 is 0 Å². The van der Waals surface area contributed by atoms with Crippen LogP contribution in [0.25, 0.3) is 83.8 Å². The maximum Gasteiger partial charge on any atom is 0.182 e. The first-order valence-corrected chi connectivity index (χ1v) is 15.7. The fraction of sp³-hybridized carbons (Fsp3) is 0. The lowest BCUT2D eigenvalue weighted by molar-refractivity contribution is 1.03. The van der Waals surface area contributed by atoms with Crippen LogP contribution in [0.1, 0.15) is 0 Å². The summed E-state index contributed by atoms with van der Waals surface area (Å²) < 4.78 is 2.24. The summed E-state index contributed by atoms with van der Waals surface area (Å²) in [6, 6.07) is 56.3. The average molecular weight is 602 g/mol. The SMILES string of the molecule is c1ccc(-c2ccc(-c3nc(-c4ccccc4)nc(-c4cccc(-n5c6ccccc6c6c7ccccc7ccc65)n4)n3)cc2)cc1. The molecule has 0 atom stereocenters. The zero-order chi connectivity index (χ0) is 31.2. The van der Waals surface area contributed by atoms with E-state index in [9.17, 15) is 0 Å². The van der Waals surface area contributed by atoms with E-state index in [2.05, 4.69) is 114 Å². The Labute approximate surface area is 271 Å². The average Bonchev–Trinajstić information content (AvgIpc) is 3.50. The largest absolute Gasteiger partial charge is 0.294 e. The minimum absolute atomic E-state index is 0.522. The molecule has 5 nitrogen and oxygen atoms in total. The maximum absolute atomic E-state index is 5.20. The van der Waals surface area contributed by atoms with Crippen LogP contribution in [0.2, 0.25) is 0 Å². The predicted octanol–water partition coefficient (Wildman–Crippen LogP) is 10.2. The Balaban J connectivity index is 1.21. The Bertz CT molecular complexity index is 2550. The Morgan fingerprint density at radius 3 is 1.68 bits per heavy atom. The first-order valence-electron chi connectivity index (χ1n) is 15.7. The molecule has 0 radical (unpaired) electrons. The molecular weight excluding hydrogens is 574 g/mol. The third kappa shape index (κ3) is 4.73. The molecule has 0 aliphatic rings. The minimum Gasteiger partial charge on any atom is -0.294 e. The topological polar surface area (TPSA) is 56.5 Å². The Kier molecular flexibility index (Phi) is 6.39. The van der Waals surface area contributed by atoms with E-state index in [-0.39, 0.29) is 0 Å². The van der Waals surface area contributed by atoms with Crippen LogP contribution in [0, 0.1) is 0 Å². The molecule has 0 saturated carbocycles. The fourth-order valence-corrected chi connectivity index (χ4v) is 6.44. The third-order valence-electron chi connectivity index (χ3n) is 8.67. The zero-order valence-electron chi connectivity index (χ0n) is 25.3. The highest BCUT2D eigenvalue weighted by Crippen LogP contribution is 2.37. The fourth-order valence-electron chi connectivity index (χ4n) is 6.44. The molecule has 0 fully saturated rings. The maximum atomic E-state index is 5.20. The lowest BCUT2D eigenvalue weighted by Crippen LogP contribution is -2.03. The molecule has 0 bridgehead atoms. The van der Waals surface area contributed by atoms with Crippen LogP contribution in [0.5, 0.6) is 0 Å². The summed E-state index contributed by atoms with van der Waals surface area (Å²) in [5.41, 5.74) is 7.02. The molecular formula is C42H27N5. The highest BCUT2D eigenvalue weighted by atomic mass is 15.1. The smallest absolute Gasteiger partial charge is 0.182 e. The van der Waals surface area contributed by atoms with Crippen molar-refractivity contribution in [1.82, 2.24) is 24.5 Å². The molecule has 5 heteroatoms. The minimum atomic E-state index is 0.522. The van der Waals surface area contributed by atoms with E-state index >= 15 is 0 Å². The summed E-state index contributed by atoms with van der Waals surface area (Å²) in [5, 5.41) is 4.86. The summed E-state index contributed by atoms with van der Waals surface area (Å²) >= 11 is 0. The van der Waals surface area contributed by atoms with E-state index in [0.29, 0.717) is 23.2 Å². The molecule has 9 rings (SSSR count). The normalized spacial score (nSPS) is 11.4. The van der Waals surface area contributed by atoms with Gasteiger partial charge in [0.1, 0.15) is 11.5 Å². The van der Waals surface area contributed by atoms with Crippen molar-refractivity contribution in [3.8, 4) is 51.2 Å². The Hall–Kier alpha value is -6.46. The molecule has 0 aliphatic carbocycles. The van der Waals surface area contributed by atoms with Crippen LogP contribution >= 0.6 is 0 Å². The van der Waals surface area contributed by atoms with Crippen LogP contribution in [0.15, 0.2) is 164 Å². The van der Waals surface area contributed by atoms with Gasteiger partial charge in [-0.2, -0.15) is 0 Å². The predicted molar refractivity (Wildman–Crippen MR) is 191 cm³/mol. The van der Waals surface area contributed by atoms with Crippen molar-refractivity contribution in [2.45, 2.75) is 0 Å². The first-order chi connectivity index (χ1) is 23.3. The van der Waals surface area contributed by atoms with Crippen LogP contribution in [0.4, 0.5) is 0 Å². The second kappa shape index (κ2) is 11.2. The number of aromatic nitrogens is 5.